The molecule has 2 amide bonds. The molecule has 1 aliphatic heterocycles. The normalized spacial score (nSPS) is 19.1. The summed E-state index contributed by atoms with van der Waals surface area (Å²) < 4.78 is 10.2. The van der Waals surface area contributed by atoms with Crippen LogP contribution in [0.15, 0.2) is 34.9 Å². The zero-order chi connectivity index (χ0) is 20.0. The van der Waals surface area contributed by atoms with E-state index in [1.165, 1.54) is 7.11 Å². The van der Waals surface area contributed by atoms with Crippen LogP contribution in [0, 0.1) is 17.2 Å². The van der Waals surface area contributed by atoms with E-state index in [4.69, 9.17) is 15.2 Å². The van der Waals surface area contributed by atoms with Crippen molar-refractivity contribution in [3.05, 3.63) is 40.4 Å². The number of rotatable bonds is 7. The molecular weight excluding hydrogens is 370 g/mol. The highest BCUT2D eigenvalue weighted by atomic mass is 32.2. The van der Waals surface area contributed by atoms with Crippen LogP contribution in [0.2, 0.25) is 0 Å². The molecule has 2 rings (SSSR count). The molecule has 1 aromatic rings. The Hall–Kier alpha value is -2.99. The Morgan fingerprint density at radius 1 is 1.33 bits per heavy atom. The number of hydrogen-bond donors (Lipinski definition) is 2. The van der Waals surface area contributed by atoms with Crippen LogP contribution < -0.4 is 15.8 Å². The fourth-order valence-corrected chi connectivity index (χ4v) is 3.55. The summed E-state index contributed by atoms with van der Waals surface area (Å²) in [6, 6.07) is 8.83. The van der Waals surface area contributed by atoms with Crippen LogP contribution in [-0.2, 0) is 19.1 Å². The number of allylic oxidation sites excluding steroid dienone is 1. The molecule has 142 valence electrons. The monoisotopic (exact) mass is 389 g/mol. The van der Waals surface area contributed by atoms with Gasteiger partial charge in [0, 0.05) is 5.92 Å². The largest absolute Gasteiger partial charge is 0.494 e. The molecule has 0 bridgehead atoms. The Kier molecular flexibility index (Phi) is 6.85. The zero-order valence-corrected chi connectivity index (χ0v) is 15.7. The van der Waals surface area contributed by atoms with E-state index >= 15 is 0 Å². The summed E-state index contributed by atoms with van der Waals surface area (Å²) >= 11 is 0.947. The van der Waals surface area contributed by atoms with Gasteiger partial charge in [0.15, 0.2) is 0 Å². The third-order valence-corrected chi connectivity index (χ3v) is 4.93. The standard InChI is InChI=1S/C18H19N3O5S/c1-3-26-11-6-4-10(5-7-11)14-12(8-19)17(27-9-13(20)22)21-16(23)15(14)18(24)25-2/h4-7,14-15H,3,9H2,1-2H3,(H2,20,22)(H,21,23). The molecule has 1 aromatic carbocycles. The van der Waals surface area contributed by atoms with Gasteiger partial charge < -0.3 is 20.5 Å². The van der Waals surface area contributed by atoms with Crippen molar-refractivity contribution < 1.29 is 23.9 Å². The van der Waals surface area contributed by atoms with Gasteiger partial charge in [0.05, 0.1) is 36.1 Å². The number of ether oxygens (including phenoxy) is 2. The zero-order valence-electron chi connectivity index (χ0n) is 14.9. The van der Waals surface area contributed by atoms with Crippen LogP contribution >= 0.6 is 11.8 Å². The van der Waals surface area contributed by atoms with E-state index in [0.717, 1.165) is 11.8 Å². The molecule has 0 aliphatic carbocycles. The number of esters is 1. The second kappa shape index (κ2) is 9.09. The van der Waals surface area contributed by atoms with Gasteiger partial charge in [-0.1, -0.05) is 23.9 Å². The number of carbonyl (C=O) groups is 3. The lowest BCUT2D eigenvalue weighted by molar-refractivity contribution is -0.150. The quantitative estimate of drug-likeness (QED) is 0.526. The lowest BCUT2D eigenvalue weighted by Crippen LogP contribution is -2.44. The number of benzene rings is 1. The summed E-state index contributed by atoms with van der Waals surface area (Å²) in [6.45, 7) is 2.35. The van der Waals surface area contributed by atoms with Crippen LogP contribution in [-0.4, -0.2) is 37.3 Å². The van der Waals surface area contributed by atoms with E-state index in [9.17, 15) is 19.6 Å². The van der Waals surface area contributed by atoms with Crippen molar-refractivity contribution in [1.29, 1.82) is 5.26 Å². The maximum absolute atomic E-state index is 12.6. The molecule has 2 unspecified atom stereocenters. The van der Waals surface area contributed by atoms with E-state index in [0.29, 0.717) is 17.9 Å². The SMILES string of the molecule is CCOc1ccc(C2C(C#N)=C(SCC(N)=O)NC(=O)C2C(=O)OC)cc1. The number of methoxy groups -OCH3 is 1. The molecule has 27 heavy (non-hydrogen) atoms. The lowest BCUT2D eigenvalue weighted by Gasteiger charge is -2.30. The Labute approximate surface area is 160 Å². The van der Waals surface area contributed by atoms with Gasteiger partial charge >= 0.3 is 5.97 Å². The fourth-order valence-electron chi connectivity index (χ4n) is 2.76. The third-order valence-electron chi connectivity index (χ3n) is 3.89. The lowest BCUT2D eigenvalue weighted by atomic mass is 9.78. The highest BCUT2D eigenvalue weighted by molar-refractivity contribution is 8.03. The molecular formula is C18H19N3O5S. The van der Waals surface area contributed by atoms with Gasteiger partial charge in [0.25, 0.3) is 0 Å². The molecule has 0 aromatic heterocycles. The minimum atomic E-state index is -1.22. The van der Waals surface area contributed by atoms with Crippen molar-refractivity contribution in [2.45, 2.75) is 12.8 Å². The van der Waals surface area contributed by atoms with Gasteiger partial charge in [0.1, 0.15) is 11.7 Å². The van der Waals surface area contributed by atoms with Crippen LogP contribution in [0.25, 0.3) is 0 Å². The predicted octanol–water partition coefficient (Wildman–Crippen LogP) is 1.04. The minimum absolute atomic E-state index is 0.111. The number of thioether (sulfide) groups is 1. The van der Waals surface area contributed by atoms with Crippen LogP contribution in [0.5, 0.6) is 5.75 Å². The van der Waals surface area contributed by atoms with Crippen molar-refractivity contribution in [3.8, 4) is 11.8 Å². The molecule has 0 saturated heterocycles. The third kappa shape index (κ3) is 4.60. The number of primary amides is 1. The van der Waals surface area contributed by atoms with E-state index in [-0.39, 0.29) is 16.4 Å². The maximum Gasteiger partial charge on any atom is 0.319 e. The molecule has 8 nitrogen and oxygen atoms in total. The summed E-state index contributed by atoms with van der Waals surface area (Å²) in [5.41, 5.74) is 5.90. The van der Waals surface area contributed by atoms with Gasteiger partial charge in [0.2, 0.25) is 11.8 Å². The van der Waals surface area contributed by atoms with Crippen molar-refractivity contribution in [2.75, 3.05) is 19.5 Å². The summed E-state index contributed by atoms with van der Waals surface area (Å²) in [5, 5.41) is 12.4. The highest BCUT2D eigenvalue weighted by Crippen LogP contribution is 2.40. The Balaban J connectivity index is 2.53. The van der Waals surface area contributed by atoms with E-state index in [2.05, 4.69) is 5.32 Å². The molecule has 0 spiro atoms. The Morgan fingerprint density at radius 3 is 2.52 bits per heavy atom. The first kappa shape index (κ1) is 20.3. The van der Waals surface area contributed by atoms with Crippen molar-refractivity contribution in [2.24, 2.45) is 11.7 Å². The number of amides is 2. The molecule has 3 N–H and O–H groups in total. The maximum atomic E-state index is 12.6. The van der Waals surface area contributed by atoms with E-state index in [1.54, 1.807) is 24.3 Å². The van der Waals surface area contributed by atoms with Crippen molar-refractivity contribution in [1.82, 2.24) is 5.32 Å². The fraction of sp³-hybridized carbons (Fsp3) is 0.333. The smallest absolute Gasteiger partial charge is 0.319 e. The molecule has 1 aliphatic rings. The number of nitrogens with two attached hydrogens (primary N) is 1. The number of carbonyl (C=O) groups excluding carboxylic acids is 3. The van der Waals surface area contributed by atoms with Crippen LogP contribution in [0.1, 0.15) is 18.4 Å². The van der Waals surface area contributed by atoms with Crippen molar-refractivity contribution >= 4 is 29.5 Å². The Bertz CT molecular complexity index is 813. The highest BCUT2D eigenvalue weighted by Gasteiger charge is 2.44. The van der Waals surface area contributed by atoms with Gasteiger partial charge in [-0.3, -0.25) is 14.4 Å². The molecule has 0 radical (unpaired) electrons. The first-order valence-electron chi connectivity index (χ1n) is 8.09. The summed E-state index contributed by atoms with van der Waals surface area (Å²) in [6.07, 6.45) is 0. The summed E-state index contributed by atoms with van der Waals surface area (Å²) in [5.74, 6) is -3.50. The molecule has 9 heteroatoms. The Morgan fingerprint density at radius 2 is 2.00 bits per heavy atom. The summed E-state index contributed by atoms with van der Waals surface area (Å²) in [7, 11) is 1.18. The topological polar surface area (TPSA) is 132 Å². The van der Waals surface area contributed by atoms with Gasteiger partial charge in [-0.2, -0.15) is 5.26 Å². The number of hydrogen-bond acceptors (Lipinski definition) is 7. The molecule has 1 heterocycles. The predicted molar refractivity (Wildman–Crippen MR) is 98.3 cm³/mol. The number of nitrogens with zero attached hydrogens (tertiary/aromatic N) is 1. The van der Waals surface area contributed by atoms with Gasteiger partial charge in [-0.15, -0.1) is 0 Å². The number of nitriles is 1. The average Bonchev–Trinajstić information content (AvgIpc) is 2.66. The van der Waals surface area contributed by atoms with Gasteiger partial charge in [-0.05, 0) is 24.6 Å². The first-order chi connectivity index (χ1) is 12.9. The summed E-state index contributed by atoms with van der Waals surface area (Å²) in [4.78, 5) is 35.9. The van der Waals surface area contributed by atoms with E-state index < -0.39 is 29.6 Å². The second-order valence-corrected chi connectivity index (χ2v) is 6.56. The van der Waals surface area contributed by atoms with Crippen molar-refractivity contribution in [3.63, 3.8) is 0 Å². The first-order valence-corrected chi connectivity index (χ1v) is 9.08. The van der Waals surface area contributed by atoms with Crippen LogP contribution in [0.3, 0.4) is 0 Å². The average molecular weight is 389 g/mol. The molecule has 0 fully saturated rings. The molecule has 0 saturated carbocycles. The minimum Gasteiger partial charge on any atom is -0.494 e. The van der Waals surface area contributed by atoms with Gasteiger partial charge in [-0.25, -0.2) is 0 Å². The second-order valence-electron chi connectivity index (χ2n) is 5.58. The number of nitrogens with one attached hydrogen (secondary N) is 1. The van der Waals surface area contributed by atoms with Crippen LogP contribution in [0.4, 0.5) is 0 Å². The van der Waals surface area contributed by atoms with E-state index in [1.807, 2.05) is 13.0 Å². The molecule has 2 atom stereocenters.